The van der Waals surface area contributed by atoms with Crippen LogP contribution in [0.4, 0.5) is 5.69 Å². The molecule has 2 aliphatic rings. The zero-order valence-electron chi connectivity index (χ0n) is 19.5. The average Bonchev–Trinajstić information content (AvgIpc) is 3.61. The molecule has 0 N–H and O–H groups in total. The maximum absolute atomic E-state index is 6.29. The van der Waals surface area contributed by atoms with Gasteiger partial charge < -0.3 is 9.64 Å². The Morgan fingerprint density at radius 1 is 1.03 bits per heavy atom. The highest BCUT2D eigenvalue weighted by Gasteiger charge is 2.42. The first-order chi connectivity index (χ1) is 14.9. The van der Waals surface area contributed by atoms with E-state index in [0.717, 1.165) is 22.0 Å². The number of fused-ring (bicyclic) bond motifs is 1. The number of hydrogen-bond acceptors (Lipinski definition) is 4. The molecule has 0 saturated heterocycles. The summed E-state index contributed by atoms with van der Waals surface area (Å²) in [5, 5.41) is 6.32. The topological polar surface area (TPSA) is 29.8 Å². The van der Waals surface area contributed by atoms with Crippen molar-refractivity contribution in [1.82, 2.24) is 9.61 Å². The predicted octanol–water partition coefficient (Wildman–Crippen LogP) is 6.57. The van der Waals surface area contributed by atoms with Gasteiger partial charge in [0.2, 0.25) is 0 Å². The van der Waals surface area contributed by atoms with Gasteiger partial charge in [0.15, 0.2) is 0 Å². The second-order valence-electron chi connectivity index (χ2n) is 9.51. The molecule has 164 valence electrons. The number of ether oxygens (including phenoxy) is 1. The Bertz CT molecular complexity index is 1130. The monoisotopic (exact) mass is 435 g/mol. The van der Waals surface area contributed by atoms with Crippen LogP contribution in [0, 0.1) is 20.8 Å². The Balaban J connectivity index is 1.77. The Morgan fingerprint density at radius 2 is 1.71 bits per heavy atom. The molecule has 4 nitrogen and oxygen atoms in total. The van der Waals surface area contributed by atoms with Crippen LogP contribution in [0.25, 0.3) is 16.8 Å². The van der Waals surface area contributed by atoms with Crippen molar-refractivity contribution in [2.75, 3.05) is 11.2 Å². The first-order valence-electron chi connectivity index (χ1n) is 11.5. The van der Waals surface area contributed by atoms with Crippen LogP contribution < -0.4 is 9.64 Å². The second kappa shape index (κ2) is 7.77. The molecular weight excluding hydrogens is 402 g/mol. The summed E-state index contributed by atoms with van der Waals surface area (Å²) in [5.41, 5.74) is 8.61. The van der Waals surface area contributed by atoms with Crippen molar-refractivity contribution < 1.29 is 4.74 Å². The summed E-state index contributed by atoms with van der Waals surface area (Å²) in [7, 11) is 0. The van der Waals surface area contributed by atoms with Gasteiger partial charge in [-0.25, -0.2) is 4.52 Å². The maximum Gasteiger partial charge on any atom is 0.142 e. The number of nitrogens with zero attached hydrogens (tertiary/aromatic N) is 3. The van der Waals surface area contributed by atoms with E-state index in [1.807, 2.05) is 0 Å². The summed E-state index contributed by atoms with van der Waals surface area (Å²) in [6, 6.07) is 10.3. The fraction of sp³-hybridized carbons (Fsp3) is 0.500. The zero-order chi connectivity index (χ0) is 21.9. The van der Waals surface area contributed by atoms with Gasteiger partial charge in [-0.2, -0.15) is 5.10 Å². The van der Waals surface area contributed by atoms with Crippen LogP contribution in [-0.4, -0.2) is 34.1 Å². The van der Waals surface area contributed by atoms with Crippen LogP contribution in [0.15, 0.2) is 29.3 Å². The van der Waals surface area contributed by atoms with Crippen molar-refractivity contribution >= 4 is 23.0 Å². The quantitative estimate of drug-likeness (QED) is 0.393. The number of anilines is 1. The van der Waals surface area contributed by atoms with Gasteiger partial charge in [-0.1, -0.05) is 12.1 Å². The van der Waals surface area contributed by atoms with E-state index in [2.05, 4.69) is 74.6 Å². The maximum atomic E-state index is 6.29. The largest absolute Gasteiger partial charge is 0.490 e. The highest BCUT2D eigenvalue weighted by molar-refractivity contribution is 7.98. The van der Waals surface area contributed by atoms with Gasteiger partial charge in [0.1, 0.15) is 10.8 Å². The number of aromatic nitrogens is 2. The molecule has 2 heterocycles. The lowest BCUT2D eigenvalue weighted by Gasteiger charge is -2.25. The van der Waals surface area contributed by atoms with E-state index in [0.29, 0.717) is 12.1 Å². The minimum Gasteiger partial charge on any atom is -0.490 e. The molecule has 5 heteroatoms. The van der Waals surface area contributed by atoms with E-state index in [4.69, 9.17) is 9.84 Å². The third-order valence-corrected chi connectivity index (χ3v) is 6.98. The second-order valence-corrected chi connectivity index (χ2v) is 10.3. The van der Waals surface area contributed by atoms with E-state index >= 15 is 0 Å². The van der Waals surface area contributed by atoms with E-state index < -0.39 is 0 Å². The Morgan fingerprint density at radius 3 is 2.29 bits per heavy atom. The molecule has 0 amide bonds. The molecule has 0 spiro atoms. The summed E-state index contributed by atoms with van der Waals surface area (Å²) in [6.45, 7) is 10.7. The van der Waals surface area contributed by atoms with Gasteiger partial charge in [-0.3, -0.25) is 0 Å². The third kappa shape index (κ3) is 3.71. The molecule has 0 radical (unpaired) electrons. The molecular formula is C26H33N3OS. The van der Waals surface area contributed by atoms with Crippen molar-refractivity contribution in [1.29, 1.82) is 0 Å². The molecule has 5 rings (SSSR count). The first kappa shape index (κ1) is 20.7. The molecule has 2 aromatic heterocycles. The lowest BCUT2D eigenvalue weighted by atomic mass is 10.00. The molecule has 0 unspecified atom stereocenters. The number of pyridine rings is 1. The van der Waals surface area contributed by atoms with Crippen molar-refractivity contribution in [3.05, 3.63) is 41.0 Å². The molecule has 0 bridgehead atoms. The van der Waals surface area contributed by atoms with Crippen LogP contribution in [0.5, 0.6) is 5.75 Å². The molecule has 0 atom stereocenters. The van der Waals surface area contributed by atoms with Gasteiger partial charge in [0, 0.05) is 17.6 Å². The van der Waals surface area contributed by atoms with Crippen molar-refractivity contribution in [2.45, 2.75) is 83.5 Å². The van der Waals surface area contributed by atoms with Crippen LogP contribution in [-0.2, 0) is 0 Å². The summed E-state index contributed by atoms with van der Waals surface area (Å²) in [4.78, 5) is 2.71. The Labute approximate surface area is 190 Å². The van der Waals surface area contributed by atoms with Crippen molar-refractivity contribution in [3.8, 4) is 17.0 Å². The minimum atomic E-state index is 0.121. The molecule has 2 saturated carbocycles. The molecule has 3 aromatic rings. The number of rotatable bonds is 7. The van der Waals surface area contributed by atoms with Gasteiger partial charge in [0.05, 0.1) is 23.0 Å². The zero-order valence-corrected chi connectivity index (χ0v) is 20.3. The van der Waals surface area contributed by atoms with Crippen molar-refractivity contribution in [3.63, 3.8) is 0 Å². The van der Waals surface area contributed by atoms with E-state index in [-0.39, 0.29) is 6.10 Å². The summed E-state index contributed by atoms with van der Waals surface area (Å²) in [6.07, 6.45) is 7.51. The highest BCUT2D eigenvalue weighted by Crippen LogP contribution is 2.47. The Kier molecular flexibility index (Phi) is 5.20. The van der Waals surface area contributed by atoms with Crippen LogP contribution in [0.1, 0.15) is 56.2 Å². The molecule has 0 aliphatic heterocycles. The first-order valence-corrected chi connectivity index (χ1v) is 12.7. The van der Waals surface area contributed by atoms with E-state index in [1.54, 1.807) is 11.8 Å². The third-order valence-electron chi connectivity index (χ3n) is 6.32. The molecule has 2 fully saturated rings. The van der Waals surface area contributed by atoms with E-state index in [9.17, 15) is 0 Å². The van der Waals surface area contributed by atoms with Gasteiger partial charge >= 0.3 is 0 Å². The van der Waals surface area contributed by atoms with Crippen LogP contribution in [0.2, 0.25) is 0 Å². The fourth-order valence-electron chi connectivity index (χ4n) is 4.80. The smallest absolute Gasteiger partial charge is 0.142 e. The lowest BCUT2D eigenvalue weighted by Crippen LogP contribution is -2.28. The van der Waals surface area contributed by atoms with Crippen LogP contribution in [0.3, 0.4) is 0 Å². The SMILES string of the molecule is CSc1nn2c(-c3c(C)cc(C)cc3OC(C)C)ccc(C)c2c1N(C1CC1)C1CC1. The predicted molar refractivity (Wildman–Crippen MR) is 131 cm³/mol. The molecule has 2 aliphatic carbocycles. The van der Waals surface area contributed by atoms with Crippen molar-refractivity contribution in [2.24, 2.45) is 0 Å². The van der Waals surface area contributed by atoms with Crippen LogP contribution >= 0.6 is 11.8 Å². The minimum absolute atomic E-state index is 0.121. The highest BCUT2D eigenvalue weighted by atomic mass is 32.2. The summed E-state index contributed by atoms with van der Waals surface area (Å²) >= 11 is 1.77. The number of benzene rings is 1. The number of hydrogen-bond donors (Lipinski definition) is 0. The number of thioether (sulfide) groups is 1. The normalized spacial score (nSPS) is 16.4. The van der Waals surface area contributed by atoms with E-state index in [1.165, 1.54) is 53.6 Å². The summed E-state index contributed by atoms with van der Waals surface area (Å²) < 4.78 is 8.48. The summed E-state index contributed by atoms with van der Waals surface area (Å²) in [5.74, 6) is 0.946. The van der Waals surface area contributed by atoms with Gasteiger partial charge in [-0.05, 0) is 95.4 Å². The molecule has 31 heavy (non-hydrogen) atoms. The van der Waals surface area contributed by atoms with Gasteiger partial charge in [0.25, 0.3) is 0 Å². The average molecular weight is 436 g/mol. The standard InChI is InChI=1S/C26H33N3OS/c1-15(2)30-22-14-16(3)13-18(5)23(22)21-12-7-17(4)24-25(26(31-6)27-29(21)24)28(19-8-9-19)20-10-11-20/h7,12-15,19-20H,8-11H2,1-6H3. The van der Waals surface area contributed by atoms with Gasteiger partial charge in [-0.15, -0.1) is 11.8 Å². The fourth-order valence-corrected chi connectivity index (χ4v) is 5.36. The Hall–Kier alpha value is -2.14. The number of aryl methyl sites for hydroxylation is 3. The molecule has 1 aromatic carbocycles. The lowest BCUT2D eigenvalue weighted by molar-refractivity contribution is 0.243.